The molecule has 2 N–H and O–H groups in total. The number of aryl methyl sites for hydroxylation is 2. The molecule has 3 heterocycles. The fourth-order valence-electron chi connectivity index (χ4n) is 3.82. The molecule has 1 aliphatic heterocycles. The number of amides is 1. The number of aromatic nitrogens is 4. The zero-order chi connectivity index (χ0) is 18.3. The minimum absolute atomic E-state index is 0.0450. The van der Waals surface area contributed by atoms with Crippen LogP contribution in [0.5, 0.6) is 0 Å². The number of H-pyrrole nitrogens is 1. The lowest BCUT2D eigenvalue weighted by Crippen LogP contribution is -2.45. The van der Waals surface area contributed by atoms with E-state index in [4.69, 9.17) is 0 Å². The van der Waals surface area contributed by atoms with Crippen molar-refractivity contribution in [1.82, 2.24) is 30.2 Å². The van der Waals surface area contributed by atoms with E-state index in [-0.39, 0.29) is 5.91 Å². The number of carbonyl (C=O) groups is 1. The molecule has 26 heavy (non-hydrogen) atoms. The lowest BCUT2D eigenvalue weighted by Gasteiger charge is -2.32. The molecule has 1 aliphatic carbocycles. The van der Waals surface area contributed by atoms with Gasteiger partial charge < -0.3 is 10.2 Å². The largest absolute Gasteiger partial charge is 0.337 e. The molecule has 0 radical (unpaired) electrons. The minimum atomic E-state index is 0.0450. The quantitative estimate of drug-likeness (QED) is 0.859. The summed E-state index contributed by atoms with van der Waals surface area (Å²) >= 11 is 0. The number of piperidine rings is 1. The summed E-state index contributed by atoms with van der Waals surface area (Å²) in [5.74, 6) is 0.945. The second kappa shape index (κ2) is 6.87. The smallest absolute Gasteiger partial charge is 0.271 e. The maximum absolute atomic E-state index is 12.8. The SMILES string of the molecule is Cc1nn(C)c(C)c1-c1cc(C(=O)N2CCC(NCC3CC3)CC2)[nH]n1. The van der Waals surface area contributed by atoms with E-state index in [1.165, 1.54) is 12.8 Å². The highest BCUT2D eigenvalue weighted by atomic mass is 16.2. The summed E-state index contributed by atoms with van der Waals surface area (Å²) in [4.78, 5) is 14.8. The molecule has 4 rings (SSSR count). The van der Waals surface area contributed by atoms with E-state index in [0.717, 1.165) is 61.0 Å². The molecular weight excluding hydrogens is 328 g/mol. The number of rotatable bonds is 5. The van der Waals surface area contributed by atoms with Gasteiger partial charge in [-0.1, -0.05) is 0 Å². The standard InChI is InChI=1S/C19H28N6O/c1-12-18(13(2)24(3)23-12)16-10-17(22-21-16)19(26)25-8-6-15(7-9-25)20-11-14-4-5-14/h10,14-15,20H,4-9,11H2,1-3H3,(H,21,22). The van der Waals surface area contributed by atoms with Gasteiger partial charge in [0.2, 0.25) is 0 Å². The highest BCUT2D eigenvalue weighted by Gasteiger charge is 2.27. The first-order valence-electron chi connectivity index (χ1n) is 9.61. The van der Waals surface area contributed by atoms with Crippen molar-refractivity contribution in [1.29, 1.82) is 0 Å². The van der Waals surface area contributed by atoms with Crippen LogP contribution < -0.4 is 5.32 Å². The van der Waals surface area contributed by atoms with E-state index in [0.29, 0.717) is 11.7 Å². The maximum atomic E-state index is 12.8. The molecule has 0 bridgehead atoms. The molecule has 1 amide bonds. The summed E-state index contributed by atoms with van der Waals surface area (Å²) in [5, 5.41) is 15.4. The highest BCUT2D eigenvalue weighted by molar-refractivity contribution is 5.93. The van der Waals surface area contributed by atoms with Gasteiger partial charge in [-0.2, -0.15) is 10.2 Å². The number of carbonyl (C=O) groups excluding carboxylic acids is 1. The van der Waals surface area contributed by atoms with Crippen LogP contribution in [0, 0.1) is 19.8 Å². The van der Waals surface area contributed by atoms with Gasteiger partial charge in [-0.05, 0) is 58.1 Å². The molecule has 0 aromatic carbocycles. The van der Waals surface area contributed by atoms with Gasteiger partial charge in [0, 0.05) is 37.4 Å². The Labute approximate surface area is 154 Å². The Morgan fingerprint density at radius 3 is 2.62 bits per heavy atom. The molecule has 140 valence electrons. The van der Waals surface area contributed by atoms with Crippen molar-refractivity contribution in [3.05, 3.63) is 23.1 Å². The minimum Gasteiger partial charge on any atom is -0.337 e. The van der Waals surface area contributed by atoms with E-state index in [1.807, 2.05) is 36.5 Å². The average Bonchev–Trinajstić information content (AvgIpc) is 3.28. The number of aromatic amines is 1. The third-order valence-electron chi connectivity index (χ3n) is 5.75. The number of nitrogens with one attached hydrogen (secondary N) is 2. The van der Waals surface area contributed by atoms with E-state index in [1.54, 1.807) is 0 Å². The van der Waals surface area contributed by atoms with Crippen molar-refractivity contribution in [3.63, 3.8) is 0 Å². The molecule has 0 spiro atoms. The van der Waals surface area contributed by atoms with Crippen LogP contribution >= 0.6 is 0 Å². The van der Waals surface area contributed by atoms with Crippen LogP contribution in [0.15, 0.2) is 6.07 Å². The molecule has 2 aromatic heterocycles. The first kappa shape index (κ1) is 17.3. The summed E-state index contributed by atoms with van der Waals surface area (Å²) < 4.78 is 1.85. The fraction of sp³-hybridized carbons (Fsp3) is 0.632. The monoisotopic (exact) mass is 356 g/mol. The lowest BCUT2D eigenvalue weighted by atomic mass is 10.0. The van der Waals surface area contributed by atoms with Crippen LogP contribution in [-0.4, -0.2) is 56.5 Å². The van der Waals surface area contributed by atoms with Crippen molar-refractivity contribution in [2.75, 3.05) is 19.6 Å². The van der Waals surface area contributed by atoms with Gasteiger partial charge in [0.05, 0.1) is 11.4 Å². The number of nitrogens with zero attached hydrogens (tertiary/aromatic N) is 4. The van der Waals surface area contributed by atoms with E-state index < -0.39 is 0 Å². The molecule has 1 saturated carbocycles. The molecule has 2 aliphatic rings. The van der Waals surface area contributed by atoms with Crippen LogP contribution in [0.4, 0.5) is 0 Å². The van der Waals surface area contributed by atoms with Crippen molar-refractivity contribution in [2.45, 2.75) is 45.6 Å². The van der Waals surface area contributed by atoms with Gasteiger partial charge in [-0.15, -0.1) is 0 Å². The third kappa shape index (κ3) is 3.40. The van der Waals surface area contributed by atoms with Crippen molar-refractivity contribution in [3.8, 4) is 11.3 Å². The zero-order valence-corrected chi connectivity index (χ0v) is 15.9. The highest BCUT2D eigenvalue weighted by Crippen LogP contribution is 2.28. The maximum Gasteiger partial charge on any atom is 0.271 e. The van der Waals surface area contributed by atoms with Crippen LogP contribution in [-0.2, 0) is 7.05 Å². The summed E-state index contributed by atoms with van der Waals surface area (Å²) in [7, 11) is 1.92. The second-order valence-corrected chi connectivity index (χ2v) is 7.75. The average molecular weight is 356 g/mol. The van der Waals surface area contributed by atoms with Crippen LogP contribution in [0.1, 0.15) is 47.6 Å². The second-order valence-electron chi connectivity index (χ2n) is 7.75. The Morgan fingerprint density at radius 2 is 2.00 bits per heavy atom. The summed E-state index contributed by atoms with van der Waals surface area (Å²) in [6, 6.07) is 2.41. The fourth-order valence-corrected chi connectivity index (χ4v) is 3.82. The van der Waals surface area contributed by atoms with Gasteiger partial charge in [-0.3, -0.25) is 14.6 Å². The van der Waals surface area contributed by atoms with E-state index >= 15 is 0 Å². The molecule has 0 atom stereocenters. The van der Waals surface area contributed by atoms with Gasteiger partial charge >= 0.3 is 0 Å². The van der Waals surface area contributed by atoms with Crippen molar-refractivity contribution >= 4 is 5.91 Å². The first-order chi connectivity index (χ1) is 12.5. The Balaban J connectivity index is 1.39. The van der Waals surface area contributed by atoms with Gasteiger partial charge in [0.25, 0.3) is 5.91 Å². The van der Waals surface area contributed by atoms with E-state index in [2.05, 4.69) is 20.6 Å². The topological polar surface area (TPSA) is 78.8 Å². The van der Waals surface area contributed by atoms with Gasteiger partial charge in [-0.25, -0.2) is 0 Å². The third-order valence-corrected chi connectivity index (χ3v) is 5.75. The van der Waals surface area contributed by atoms with Crippen molar-refractivity contribution < 1.29 is 4.79 Å². The molecule has 1 saturated heterocycles. The van der Waals surface area contributed by atoms with Crippen molar-refractivity contribution in [2.24, 2.45) is 13.0 Å². The Kier molecular flexibility index (Phi) is 4.56. The van der Waals surface area contributed by atoms with Gasteiger partial charge in [0.15, 0.2) is 0 Å². The van der Waals surface area contributed by atoms with Crippen LogP contribution in [0.2, 0.25) is 0 Å². The zero-order valence-electron chi connectivity index (χ0n) is 15.9. The van der Waals surface area contributed by atoms with Crippen LogP contribution in [0.3, 0.4) is 0 Å². The molecular formula is C19H28N6O. The molecule has 7 heteroatoms. The Bertz CT molecular complexity index is 795. The Hall–Kier alpha value is -2.15. The number of hydrogen-bond donors (Lipinski definition) is 2. The normalized spacial score (nSPS) is 18.5. The molecule has 0 unspecified atom stereocenters. The predicted molar refractivity (Wildman–Crippen MR) is 99.9 cm³/mol. The summed E-state index contributed by atoms with van der Waals surface area (Å²) in [6.45, 7) is 6.75. The Morgan fingerprint density at radius 1 is 1.27 bits per heavy atom. The van der Waals surface area contributed by atoms with Crippen LogP contribution in [0.25, 0.3) is 11.3 Å². The molecule has 7 nitrogen and oxygen atoms in total. The lowest BCUT2D eigenvalue weighted by molar-refractivity contribution is 0.0699. The van der Waals surface area contributed by atoms with Gasteiger partial charge in [0.1, 0.15) is 5.69 Å². The number of likely N-dealkylation sites (tertiary alicyclic amines) is 1. The first-order valence-corrected chi connectivity index (χ1v) is 9.61. The molecule has 2 aromatic rings. The predicted octanol–water partition coefficient (Wildman–Crippen LogP) is 2.03. The summed E-state index contributed by atoms with van der Waals surface area (Å²) in [5.41, 5.74) is 4.34. The molecule has 2 fully saturated rings. The number of hydrogen-bond acceptors (Lipinski definition) is 4. The summed E-state index contributed by atoms with van der Waals surface area (Å²) in [6.07, 6.45) is 4.81. The van der Waals surface area contributed by atoms with E-state index in [9.17, 15) is 4.79 Å².